The Morgan fingerprint density at radius 3 is 2.03 bits per heavy atom. The molecule has 1 aromatic heterocycles. The van der Waals surface area contributed by atoms with E-state index in [2.05, 4.69) is 78.6 Å². The molecule has 0 unspecified atom stereocenters. The first kappa shape index (κ1) is 25.6. The van der Waals surface area contributed by atoms with E-state index in [1.807, 2.05) is 12.1 Å². The van der Waals surface area contributed by atoms with Crippen LogP contribution in [0.4, 0.5) is 30.8 Å². The molecular formula is C28H28F3N7. The number of nitrogen functional groups attached to an aromatic ring is 1. The monoisotopic (exact) mass is 519 g/mol. The van der Waals surface area contributed by atoms with Crippen molar-refractivity contribution in [3.8, 4) is 0 Å². The molecule has 4 aromatic rings. The number of halogens is 3. The third kappa shape index (κ3) is 6.27. The summed E-state index contributed by atoms with van der Waals surface area (Å²) in [7, 11) is 0. The maximum atomic E-state index is 13.1. The average Bonchev–Trinajstić information content (AvgIpc) is 2.90. The Labute approximate surface area is 219 Å². The van der Waals surface area contributed by atoms with Gasteiger partial charge in [-0.2, -0.15) is 28.1 Å². The van der Waals surface area contributed by atoms with Gasteiger partial charge in [0.1, 0.15) is 5.82 Å². The summed E-state index contributed by atoms with van der Waals surface area (Å²) in [5, 5.41) is 2.82. The fourth-order valence-electron chi connectivity index (χ4n) is 4.73. The Morgan fingerprint density at radius 2 is 1.42 bits per heavy atom. The van der Waals surface area contributed by atoms with Crippen molar-refractivity contribution in [2.75, 3.05) is 37.2 Å². The first-order chi connectivity index (χ1) is 18.3. The summed E-state index contributed by atoms with van der Waals surface area (Å²) in [6.45, 7) is 3.77. The number of nitrogens with two attached hydrogens (primary N) is 1. The van der Waals surface area contributed by atoms with Crippen molar-refractivity contribution in [2.45, 2.75) is 18.8 Å². The lowest BCUT2D eigenvalue weighted by atomic mass is 9.96. The third-order valence-corrected chi connectivity index (χ3v) is 6.51. The molecule has 0 atom stereocenters. The summed E-state index contributed by atoms with van der Waals surface area (Å²) in [6.07, 6.45) is -4.44. The van der Waals surface area contributed by atoms with Crippen molar-refractivity contribution >= 4 is 17.6 Å². The Morgan fingerprint density at radius 1 is 0.789 bits per heavy atom. The van der Waals surface area contributed by atoms with Gasteiger partial charge in [0.05, 0.1) is 18.2 Å². The lowest BCUT2D eigenvalue weighted by molar-refractivity contribution is -0.137. The number of hydrogen-bond acceptors (Lipinski definition) is 7. The van der Waals surface area contributed by atoms with E-state index in [9.17, 15) is 13.2 Å². The first-order valence-electron chi connectivity index (χ1n) is 12.4. The van der Waals surface area contributed by atoms with Gasteiger partial charge in [0, 0.05) is 31.9 Å². The summed E-state index contributed by atoms with van der Waals surface area (Å²) in [4.78, 5) is 17.4. The van der Waals surface area contributed by atoms with Gasteiger partial charge in [-0.15, -0.1) is 0 Å². The van der Waals surface area contributed by atoms with Crippen LogP contribution in [0.5, 0.6) is 0 Å². The highest BCUT2D eigenvalue weighted by molar-refractivity contribution is 5.55. The van der Waals surface area contributed by atoms with Gasteiger partial charge >= 0.3 is 6.18 Å². The summed E-state index contributed by atoms with van der Waals surface area (Å²) in [5.41, 5.74) is 7.87. The fraction of sp³-hybridized carbons (Fsp3) is 0.250. The highest BCUT2D eigenvalue weighted by Crippen LogP contribution is 2.32. The second kappa shape index (κ2) is 11.2. The second-order valence-corrected chi connectivity index (χ2v) is 9.17. The molecule has 0 saturated carbocycles. The van der Waals surface area contributed by atoms with Crippen LogP contribution in [0, 0.1) is 0 Å². The van der Waals surface area contributed by atoms with Gasteiger partial charge in [0.25, 0.3) is 0 Å². The van der Waals surface area contributed by atoms with Gasteiger partial charge in [0.2, 0.25) is 11.9 Å². The van der Waals surface area contributed by atoms with Crippen LogP contribution in [0.3, 0.4) is 0 Å². The zero-order valence-electron chi connectivity index (χ0n) is 20.6. The number of piperazine rings is 1. The van der Waals surface area contributed by atoms with Crippen molar-refractivity contribution in [1.82, 2.24) is 24.8 Å². The smallest absolute Gasteiger partial charge is 0.368 e. The third-order valence-electron chi connectivity index (χ3n) is 6.51. The quantitative estimate of drug-likeness (QED) is 0.351. The maximum absolute atomic E-state index is 13.1. The van der Waals surface area contributed by atoms with Crippen LogP contribution in [-0.4, -0.2) is 50.9 Å². The van der Waals surface area contributed by atoms with E-state index in [4.69, 9.17) is 5.73 Å². The lowest BCUT2D eigenvalue weighted by Crippen LogP contribution is -2.47. The Kier molecular flexibility index (Phi) is 7.52. The minimum absolute atomic E-state index is 0.0105. The molecule has 3 N–H and O–H groups in total. The Balaban J connectivity index is 1.26. The zero-order valence-corrected chi connectivity index (χ0v) is 20.6. The van der Waals surface area contributed by atoms with Gasteiger partial charge in [-0.25, -0.2) is 0 Å². The molecule has 1 saturated heterocycles. The van der Waals surface area contributed by atoms with Gasteiger partial charge in [-0.1, -0.05) is 66.7 Å². The molecule has 1 fully saturated rings. The SMILES string of the molecule is Nc1nc(CN2CCN(C(c3ccccc3)c3ccccc3)CC2)nc(Nc2cccc(C(F)(F)F)c2)n1. The molecule has 10 heteroatoms. The molecule has 1 aliphatic rings. The lowest BCUT2D eigenvalue weighted by Gasteiger charge is -2.39. The number of benzene rings is 3. The Hall–Kier alpha value is -4.02. The molecule has 2 heterocycles. The van der Waals surface area contributed by atoms with Crippen LogP contribution < -0.4 is 11.1 Å². The van der Waals surface area contributed by atoms with Crippen LogP contribution >= 0.6 is 0 Å². The predicted molar refractivity (Wildman–Crippen MR) is 141 cm³/mol. The Bertz CT molecular complexity index is 1300. The largest absolute Gasteiger partial charge is 0.416 e. The molecule has 3 aromatic carbocycles. The molecule has 5 rings (SSSR count). The number of nitrogens with zero attached hydrogens (tertiary/aromatic N) is 5. The first-order valence-corrected chi connectivity index (χ1v) is 12.4. The topological polar surface area (TPSA) is 83.2 Å². The number of rotatable bonds is 7. The van der Waals surface area contributed by atoms with E-state index >= 15 is 0 Å². The molecule has 7 nitrogen and oxygen atoms in total. The molecule has 0 bridgehead atoms. The van der Waals surface area contributed by atoms with E-state index in [0.29, 0.717) is 12.4 Å². The van der Waals surface area contributed by atoms with Crippen molar-refractivity contribution in [3.63, 3.8) is 0 Å². The number of anilines is 3. The van der Waals surface area contributed by atoms with Crippen LogP contribution in [0.15, 0.2) is 84.9 Å². The summed E-state index contributed by atoms with van der Waals surface area (Å²) in [5.74, 6) is 0.582. The minimum Gasteiger partial charge on any atom is -0.368 e. The molecule has 0 spiro atoms. The number of hydrogen-bond donors (Lipinski definition) is 2. The van der Waals surface area contributed by atoms with Crippen molar-refractivity contribution in [2.24, 2.45) is 0 Å². The highest BCUT2D eigenvalue weighted by Gasteiger charge is 2.30. The van der Waals surface area contributed by atoms with Gasteiger partial charge in [0.15, 0.2) is 0 Å². The van der Waals surface area contributed by atoms with Crippen molar-refractivity contribution in [3.05, 3.63) is 107 Å². The zero-order chi connectivity index (χ0) is 26.5. The van der Waals surface area contributed by atoms with E-state index in [1.165, 1.54) is 23.3 Å². The van der Waals surface area contributed by atoms with Crippen LogP contribution in [-0.2, 0) is 12.7 Å². The second-order valence-electron chi connectivity index (χ2n) is 9.17. The van der Waals surface area contributed by atoms with Crippen molar-refractivity contribution in [1.29, 1.82) is 0 Å². The molecule has 0 aliphatic carbocycles. The summed E-state index contributed by atoms with van der Waals surface area (Å²) < 4.78 is 39.2. The number of nitrogens with one attached hydrogen (secondary N) is 1. The van der Waals surface area contributed by atoms with E-state index in [-0.39, 0.29) is 23.6 Å². The van der Waals surface area contributed by atoms with Gasteiger partial charge in [-0.05, 0) is 29.3 Å². The maximum Gasteiger partial charge on any atom is 0.416 e. The molecular weight excluding hydrogens is 491 g/mol. The molecule has 0 radical (unpaired) electrons. The van der Waals surface area contributed by atoms with Crippen molar-refractivity contribution < 1.29 is 13.2 Å². The molecule has 38 heavy (non-hydrogen) atoms. The summed E-state index contributed by atoms with van der Waals surface area (Å²) in [6, 6.07) is 26.0. The fourth-order valence-corrected chi connectivity index (χ4v) is 4.73. The van der Waals surface area contributed by atoms with Crippen LogP contribution in [0.2, 0.25) is 0 Å². The minimum atomic E-state index is -4.44. The molecule has 196 valence electrons. The standard InChI is InChI=1S/C28H28F3N7/c29-28(30,31)22-12-7-13-23(18-22)33-27-35-24(34-26(32)36-27)19-37-14-16-38(17-15-37)25(20-8-3-1-4-9-20)21-10-5-2-6-11-21/h1-13,18,25H,14-17,19H2,(H3,32,33,34,35,36). The normalized spacial score (nSPS) is 15.1. The number of alkyl halides is 3. The van der Waals surface area contributed by atoms with E-state index in [1.54, 1.807) is 0 Å². The van der Waals surface area contributed by atoms with Gasteiger partial charge in [-0.3, -0.25) is 9.80 Å². The van der Waals surface area contributed by atoms with Crippen LogP contribution in [0.25, 0.3) is 0 Å². The molecule has 0 amide bonds. The van der Waals surface area contributed by atoms with Gasteiger partial charge < -0.3 is 11.1 Å². The van der Waals surface area contributed by atoms with E-state index < -0.39 is 11.7 Å². The summed E-state index contributed by atoms with van der Waals surface area (Å²) >= 11 is 0. The average molecular weight is 520 g/mol. The molecule has 1 aliphatic heterocycles. The van der Waals surface area contributed by atoms with E-state index in [0.717, 1.165) is 38.3 Å². The predicted octanol–water partition coefficient (Wildman–Crippen LogP) is 5.12. The number of aromatic nitrogens is 3. The highest BCUT2D eigenvalue weighted by atomic mass is 19.4. The van der Waals surface area contributed by atoms with Crippen LogP contribution in [0.1, 0.15) is 28.6 Å².